The molecule has 3 N–H and O–H groups in total. The van der Waals surface area contributed by atoms with Crippen molar-refractivity contribution in [1.82, 2.24) is 14.5 Å². The number of fused-ring (bicyclic) bond motifs is 1. The van der Waals surface area contributed by atoms with Crippen LogP contribution in [0.1, 0.15) is 73.4 Å². The van der Waals surface area contributed by atoms with E-state index in [1.807, 2.05) is 18.2 Å². The van der Waals surface area contributed by atoms with Gasteiger partial charge in [-0.05, 0) is 65.0 Å². The normalized spacial score (nSPS) is 18.3. The van der Waals surface area contributed by atoms with E-state index in [0.717, 1.165) is 15.9 Å². The van der Waals surface area contributed by atoms with Gasteiger partial charge in [0.05, 0.1) is 36.1 Å². The van der Waals surface area contributed by atoms with E-state index in [1.54, 1.807) is 19.9 Å². The number of methoxy groups -OCH3 is 1. The van der Waals surface area contributed by atoms with Crippen LogP contribution in [0.5, 0.6) is 5.75 Å². The number of nitrogens with zero attached hydrogens (tertiary/aromatic N) is 2. The van der Waals surface area contributed by atoms with Gasteiger partial charge in [-0.1, -0.05) is 18.2 Å². The first-order valence-corrected chi connectivity index (χ1v) is 14.5. The van der Waals surface area contributed by atoms with E-state index in [0.29, 0.717) is 49.1 Å². The Labute approximate surface area is 241 Å². The zero-order valence-electron chi connectivity index (χ0n) is 23.9. The fourth-order valence-electron chi connectivity index (χ4n) is 5.28. The van der Waals surface area contributed by atoms with Gasteiger partial charge in [-0.3, -0.25) is 14.2 Å². The molecule has 41 heavy (non-hydrogen) atoms. The molecule has 1 aromatic carbocycles. The van der Waals surface area contributed by atoms with Crippen LogP contribution in [0.15, 0.2) is 33.9 Å². The summed E-state index contributed by atoms with van der Waals surface area (Å²) in [4.78, 5) is 53.5. The van der Waals surface area contributed by atoms with Crippen molar-refractivity contribution in [3.05, 3.63) is 61.1 Å². The van der Waals surface area contributed by atoms with Crippen molar-refractivity contribution in [2.45, 2.75) is 83.8 Å². The van der Waals surface area contributed by atoms with E-state index in [4.69, 9.17) is 9.47 Å². The molecule has 12 heteroatoms. The first-order valence-electron chi connectivity index (χ1n) is 13.7. The summed E-state index contributed by atoms with van der Waals surface area (Å²) < 4.78 is 14.3. The molecule has 11 nitrogen and oxygen atoms in total. The Bertz CT molecular complexity index is 1560. The molecule has 222 valence electrons. The number of benzene rings is 1. The van der Waals surface area contributed by atoms with E-state index in [9.17, 15) is 29.4 Å². The predicted octanol–water partition coefficient (Wildman–Crippen LogP) is 3.17. The highest BCUT2D eigenvalue weighted by molar-refractivity contribution is 7.20. The predicted molar refractivity (Wildman–Crippen MR) is 155 cm³/mol. The molecule has 1 aliphatic rings. The maximum atomic E-state index is 14.1. The molecular weight excluding hydrogens is 550 g/mol. The van der Waals surface area contributed by atoms with Crippen LogP contribution in [-0.2, 0) is 21.6 Å². The number of aliphatic hydroxyl groups is 1. The lowest BCUT2D eigenvalue weighted by Gasteiger charge is -2.31. The first kappa shape index (κ1) is 30.5. The van der Waals surface area contributed by atoms with Crippen molar-refractivity contribution in [1.29, 1.82) is 0 Å². The number of para-hydroxylation sites is 1. The average Bonchev–Trinajstić information content (AvgIpc) is 3.28. The Balaban J connectivity index is 1.97. The van der Waals surface area contributed by atoms with Gasteiger partial charge in [0.15, 0.2) is 0 Å². The summed E-state index contributed by atoms with van der Waals surface area (Å²) in [7, 11) is 1.54. The van der Waals surface area contributed by atoms with Gasteiger partial charge in [0.25, 0.3) is 11.5 Å². The summed E-state index contributed by atoms with van der Waals surface area (Å²) in [5.74, 6) is -1.19. The van der Waals surface area contributed by atoms with Crippen LogP contribution in [0, 0.1) is 6.92 Å². The number of amides is 1. The Morgan fingerprint density at radius 2 is 1.83 bits per heavy atom. The minimum Gasteiger partial charge on any atom is -0.496 e. The number of carbonyl (C=O) groups is 2. The molecule has 3 aromatic rings. The van der Waals surface area contributed by atoms with Gasteiger partial charge in [0, 0.05) is 12.1 Å². The Hall–Kier alpha value is -3.48. The fraction of sp³-hybridized carbons (Fsp3) is 0.517. The third kappa shape index (κ3) is 5.81. The number of aryl methyl sites for hydroxylation is 1. The fourth-order valence-corrected chi connectivity index (χ4v) is 6.50. The Morgan fingerprint density at radius 3 is 2.44 bits per heavy atom. The van der Waals surface area contributed by atoms with E-state index in [-0.39, 0.29) is 39.8 Å². The third-order valence-corrected chi connectivity index (χ3v) is 8.99. The zero-order chi connectivity index (χ0) is 30.1. The van der Waals surface area contributed by atoms with E-state index in [2.05, 4.69) is 5.32 Å². The topological polar surface area (TPSA) is 149 Å². The number of aliphatic hydroxyl groups excluding tert-OH is 1. The molecule has 0 saturated heterocycles. The molecule has 1 amide bonds. The van der Waals surface area contributed by atoms with Crippen molar-refractivity contribution in [3.8, 4) is 5.75 Å². The monoisotopic (exact) mass is 587 g/mol. The molecular formula is C29H37N3O8S. The number of carbonyl (C=O) groups excluding carboxylic acids is 1. The van der Waals surface area contributed by atoms with Crippen LogP contribution in [0.3, 0.4) is 0 Å². The maximum Gasteiger partial charge on any atom is 0.333 e. The molecule has 2 aromatic heterocycles. The second-order valence-electron chi connectivity index (χ2n) is 10.8. The van der Waals surface area contributed by atoms with Crippen molar-refractivity contribution in [3.63, 3.8) is 0 Å². The van der Waals surface area contributed by atoms with Gasteiger partial charge in [0.2, 0.25) is 0 Å². The second kappa shape index (κ2) is 12.2. The third-order valence-electron chi connectivity index (χ3n) is 7.67. The van der Waals surface area contributed by atoms with Crippen LogP contribution in [0.4, 0.5) is 0 Å². The summed E-state index contributed by atoms with van der Waals surface area (Å²) in [6.07, 6.45) is 1.13. The van der Waals surface area contributed by atoms with Crippen molar-refractivity contribution in [2.24, 2.45) is 0 Å². The van der Waals surface area contributed by atoms with Gasteiger partial charge in [-0.15, -0.1) is 11.3 Å². The molecule has 0 unspecified atom stereocenters. The zero-order valence-corrected chi connectivity index (χ0v) is 24.7. The van der Waals surface area contributed by atoms with Gasteiger partial charge in [-0.25, -0.2) is 14.2 Å². The molecule has 1 saturated carbocycles. The standard InChI is InChI=1S/C29H37N3O8S/c1-6-30-24(34)23-16(2)22-25(35)32(29(3,4)27(36)37)28(38)31(26(22)41-23)15-21(19-9-7-8-10-20(19)39-5)40-18-13-11-17(33)12-14-18/h7-10,17-18,21,33H,6,11-15H2,1-5H3,(H,30,34)(H,36,37)/t17-,18+,21-/m0/s1. The number of aliphatic carboxylic acids is 1. The lowest BCUT2D eigenvalue weighted by atomic mass is 9.94. The Morgan fingerprint density at radius 1 is 1.17 bits per heavy atom. The van der Waals surface area contributed by atoms with Crippen molar-refractivity contribution in [2.75, 3.05) is 13.7 Å². The van der Waals surface area contributed by atoms with Gasteiger partial charge < -0.3 is 25.0 Å². The molecule has 1 atom stereocenters. The molecule has 2 heterocycles. The van der Waals surface area contributed by atoms with Gasteiger partial charge in [-0.2, -0.15) is 0 Å². The number of hydrogen-bond donors (Lipinski definition) is 3. The van der Waals surface area contributed by atoms with Gasteiger partial charge in [0.1, 0.15) is 22.2 Å². The van der Waals surface area contributed by atoms with Crippen LogP contribution in [0.2, 0.25) is 0 Å². The SMILES string of the molecule is CCNC(=O)c1sc2c(c1C)c(=O)n(C(C)(C)C(=O)O)c(=O)n2C[C@H](O[C@H]1CC[C@@H](O)CC1)c1ccccc1OC. The number of rotatable bonds is 10. The minimum absolute atomic E-state index is 0.0699. The quantitative estimate of drug-likeness (QED) is 0.328. The number of thiophene rings is 1. The van der Waals surface area contributed by atoms with Crippen molar-refractivity contribution >= 4 is 33.4 Å². The lowest BCUT2D eigenvalue weighted by molar-refractivity contribution is -0.146. The molecule has 0 aliphatic heterocycles. The molecule has 0 bridgehead atoms. The van der Waals surface area contributed by atoms with E-state index >= 15 is 0 Å². The lowest BCUT2D eigenvalue weighted by Crippen LogP contribution is -2.52. The van der Waals surface area contributed by atoms with E-state index < -0.39 is 28.9 Å². The molecule has 1 fully saturated rings. The smallest absolute Gasteiger partial charge is 0.333 e. The highest BCUT2D eigenvalue weighted by Crippen LogP contribution is 2.35. The van der Waals surface area contributed by atoms with Crippen molar-refractivity contribution < 1.29 is 29.3 Å². The number of carboxylic acids is 1. The summed E-state index contributed by atoms with van der Waals surface area (Å²) >= 11 is 1.02. The van der Waals surface area contributed by atoms with Crippen LogP contribution >= 0.6 is 11.3 Å². The van der Waals surface area contributed by atoms with Crippen LogP contribution in [0.25, 0.3) is 10.2 Å². The summed E-state index contributed by atoms with van der Waals surface area (Å²) in [6.45, 7) is 6.29. The molecule has 4 rings (SSSR count). The molecule has 1 aliphatic carbocycles. The number of nitrogens with one attached hydrogen (secondary N) is 1. The highest BCUT2D eigenvalue weighted by Gasteiger charge is 2.36. The second-order valence-corrected chi connectivity index (χ2v) is 11.8. The Kier molecular flexibility index (Phi) is 9.05. The summed E-state index contributed by atoms with van der Waals surface area (Å²) in [6, 6.07) is 7.26. The number of carboxylic acid groups (broad SMARTS) is 1. The summed E-state index contributed by atoms with van der Waals surface area (Å²) in [5, 5.41) is 22.8. The minimum atomic E-state index is -1.87. The molecule has 0 radical (unpaired) electrons. The van der Waals surface area contributed by atoms with Crippen LogP contribution < -0.4 is 21.3 Å². The number of ether oxygens (including phenoxy) is 2. The average molecular weight is 588 g/mol. The molecule has 0 spiro atoms. The number of hydrogen-bond acceptors (Lipinski definition) is 8. The largest absolute Gasteiger partial charge is 0.496 e. The van der Waals surface area contributed by atoms with E-state index in [1.165, 1.54) is 25.5 Å². The van der Waals surface area contributed by atoms with Crippen LogP contribution in [-0.4, -0.2) is 57.1 Å². The highest BCUT2D eigenvalue weighted by atomic mass is 32.1. The van der Waals surface area contributed by atoms with Gasteiger partial charge >= 0.3 is 11.7 Å². The maximum absolute atomic E-state index is 14.1. The number of aromatic nitrogens is 2. The summed E-state index contributed by atoms with van der Waals surface area (Å²) in [5.41, 5.74) is -2.41. The first-order chi connectivity index (χ1) is 19.4.